The van der Waals surface area contributed by atoms with Crippen LogP contribution in [0.2, 0.25) is 0 Å². The summed E-state index contributed by atoms with van der Waals surface area (Å²) in [6.45, 7) is 7.62. The average Bonchev–Trinajstić information content (AvgIpc) is 2.80. The third-order valence-electron chi connectivity index (χ3n) is 6.98. The van der Waals surface area contributed by atoms with E-state index in [0.717, 1.165) is 25.7 Å². The lowest BCUT2D eigenvalue weighted by Crippen LogP contribution is -2.51. The summed E-state index contributed by atoms with van der Waals surface area (Å²) in [6, 6.07) is 4.78. The zero-order valence-electron chi connectivity index (χ0n) is 21.6. The van der Waals surface area contributed by atoms with Crippen molar-refractivity contribution >= 4 is 23.5 Å². The molecular weight excluding hydrogens is 448 g/mol. The van der Waals surface area contributed by atoms with Gasteiger partial charge in [0.25, 0.3) is 5.91 Å². The van der Waals surface area contributed by atoms with E-state index in [1.165, 1.54) is 0 Å². The first-order valence-electron chi connectivity index (χ1n) is 12.7. The van der Waals surface area contributed by atoms with Crippen molar-refractivity contribution in [1.29, 1.82) is 0 Å². The molecule has 3 rings (SSSR count). The van der Waals surface area contributed by atoms with E-state index in [2.05, 4.69) is 10.6 Å². The fraction of sp³-hybridized carbons (Fsp3) is 0.654. The largest absolute Gasteiger partial charge is 0.491 e. The Morgan fingerprint density at radius 3 is 2.57 bits per heavy atom. The molecule has 1 fully saturated rings. The standard InChI is InChI=1S/C26H40N4O5/c1-6-12-27-26(33)30-14-17(2)23(34-5)15-29(4)25(32)21-13-20(28-24(31)19-8-7-9-19)10-11-22(21)35-16-18(30)3/h10-11,13,17-19,23H,6-9,12,14-16H2,1-5H3,(H,27,33)(H,28,31)/t17-,18-,23+/m0/s1. The number of nitrogens with one attached hydrogen (secondary N) is 2. The first-order chi connectivity index (χ1) is 16.7. The van der Waals surface area contributed by atoms with Crippen LogP contribution < -0.4 is 15.4 Å². The van der Waals surface area contributed by atoms with Crippen LogP contribution in [0.5, 0.6) is 5.75 Å². The summed E-state index contributed by atoms with van der Waals surface area (Å²) >= 11 is 0. The van der Waals surface area contributed by atoms with Gasteiger partial charge in [-0.3, -0.25) is 9.59 Å². The van der Waals surface area contributed by atoms with E-state index in [1.807, 2.05) is 20.8 Å². The third kappa shape index (κ3) is 6.66. The summed E-state index contributed by atoms with van der Waals surface area (Å²) in [5.41, 5.74) is 0.944. The van der Waals surface area contributed by atoms with E-state index in [0.29, 0.717) is 36.6 Å². The number of amides is 4. The van der Waals surface area contributed by atoms with Gasteiger partial charge in [0.05, 0.1) is 17.7 Å². The minimum absolute atomic E-state index is 0.0123. The van der Waals surface area contributed by atoms with E-state index >= 15 is 0 Å². The summed E-state index contributed by atoms with van der Waals surface area (Å²) in [7, 11) is 3.35. The van der Waals surface area contributed by atoms with Crippen molar-refractivity contribution in [2.24, 2.45) is 11.8 Å². The maximum Gasteiger partial charge on any atom is 0.317 e. The number of hydrogen-bond acceptors (Lipinski definition) is 5. The van der Waals surface area contributed by atoms with Crippen LogP contribution >= 0.6 is 0 Å². The van der Waals surface area contributed by atoms with Gasteiger partial charge in [-0.05, 0) is 44.4 Å². The molecule has 9 nitrogen and oxygen atoms in total. The van der Waals surface area contributed by atoms with Crippen molar-refractivity contribution < 1.29 is 23.9 Å². The Hall–Kier alpha value is -2.81. The van der Waals surface area contributed by atoms with Gasteiger partial charge >= 0.3 is 6.03 Å². The highest BCUT2D eigenvalue weighted by molar-refractivity contribution is 6.00. The lowest BCUT2D eigenvalue weighted by molar-refractivity contribution is -0.122. The number of fused-ring (bicyclic) bond motifs is 1. The molecule has 4 amide bonds. The summed E-state index contributed by atoms with van der Waals surface area (Å²) in [6.07, 6.45) is 3.46. The normalized spacial score (nSPS) is 23.8. The highest BCUT2D eigenvalue weighted by atomic mass is 16.5. The lowest BCUT2D eigenvalue weighted by atomic mass is 9.85. The number of carbonyl (C=O) groups excluding carboxylic acids is 3. The minimum atomic E-state index is -0.261. The number of carbonyl (C=O) groups is 3. The van der Waals surface area contributed by atoms with E-state index in [-0.39, 0.29) is 48.4 Å². The number of nitrogens with zero attached hydrogens (tertiary/aromatic N) is 2. The van der Waals surface area contributed by atoms with E-state index in [4.69, 9.17) is 9.47 Å². The van der Waals surface area contributed by atoms with Crippen molar-refractivity contribution in [2.75, 3.05) is 45.7 Å². The summed E-state index contributed by atoms with van der Waals surface area (Å²) in [5, 5.41) is 5.91. The second-order valence-corrected chi connectivity index (χ2v) is 9.81. The highest BCUT2D eigenvalue weighted by Gasteiger charge is 2.31. The molecule has 0 radical (unpaired) electrons. The predicted molar refractivity (Wildman–Crippen MR) is 135 cm³/mol. The molecule has 0 spiro atoms. The SMILES string of the molecule is CCCNC(=O)N1C[C@H](C)[C@H](OC)CN(C)C(=O)c2cc(NC(=O)C3CCC3)ccc2OC[C@@H]1C. The van der Waals surface area contributed by atoms with Gasteiger partial charge < -0.3 is 29.9 Å². The van der Waals surface area contributed by atoms with Crippen LogP contribution in [0.4, 0.5) is 10.5 Å². The number of anilines is 1. The maximum absolute atomic E-state index is 13.4. The number of urea groups is 1. The topological polar surface area (TPSA) is 100 Å². The molecule has 1 aliphatic carbocycles. The highest BCUT2D eigenvalue weighted by Crippen LogP contribution is 2.30. The molecule has 0 bridgehead atoms. The van der Waals surface area contributed by atoms with Gasteiger partial charge in [0, 0.05) is 51.3 Å². The van der Waals surface area contributed by atoms with Crippen molar-refractivity contribution in [3.8, 4) is 5.75 Å². The molecule has 0 saturated heterocycles. The second-order valence-electron chi connectivity index (χ2n) is 9.81. The van der Waals surface area contributed by atoms with Crippen molar-refractivity contribution in [2.45, 2.75) is 58.6 Å². The molecule has 2 aliphatic rings. The van der Waals surface area contributed by atoms with Gasteiger partial charge in [-0.1, -0.05) is 20.3 Å². The van der Waals surface area contributed by atoms with E-state index in [1.54, 1.807) is 42.2 Å². The molecule has 194 valence electrons. The van der Waals surface area contributed by atoms with Crippen LogP contribution in [0.15, 0.2) is 18.2 Å². The molecule has 1 aromatic carbocycles. The van der Waals surface area contributed by atoms with Crippen molar-refractivity contribution in [1.82, 2.24) is 15.1 Å². The summed E-state index contributed by atoms with van der Waals surface area (Å²) < 4.78 is 11.8. The fourth-order valence-corrected chi connectivity index (χ4v) is 4.39. The van der Waals surface area contributed by atoms with Crippen molar-refractivity contribution in [3.63, 3.8) is 0 Å². The monoisotopic (exact) mass is 488 g/mol. The Bertz CT molecular complexity index is 904. The predicted octanol–water partition coefficient (Wildman–Crippen LogP) is 3.35. The Kier molecular flexibility index (Phi) is 9.37. The fourth-order valence-electron chi connectivity index (χ4n) is 4.39. The first kappa shape index (κ1) is 26.8. The first-order valence-corrected chi connectivity index (χ1v) is 12.7. The molecule has 35 heavy (non-hydrogen) atoms. The van der Waals surface area contributed by atoms with Crippen LogP contribution in [-0.2, 0) is 9.53 Å². The van der Waals surface area contributed by atoms with E-state index in [9.17, 15) is 14.4 Å². The van der Waals surface area contributed by atoms with Gasteiger partial charge in [-0.2, -0.15) is 0 Å². The molecule has 0 unspecified atom stereocenters. The molecule has 0 aromatic heterocycles. The average molecular weight is 489 g/mol. The van der Waals surface area contributed by atoms with Gasteiger partial charge in [0.1, 0.15) is 12.4 Å². The number of benzene rings is 1. The van der Waals surface area contributed by atoms with E-state index < -0.39 is 0 Å². The Balaban J connectivity index is 1.89. The van der Waals surface area contributed by atoms with Gasteiger partial charge in [-0.15, -0.1) is 0 Å². The van der Waals surface area contributed by atoms with Crippen LogP contribution in [0, 0.1) is 11.8 Å². The number of rotatable bonds is 5. The zero-order chi connectivity index (χ0) is 25.5. The quantitative estimate of drug-likeness (QED) is 0.662. The van der Waals surface area contributed by atoms with Gasteiger partial charge in [-0.25, -0.2) is 4.79 Å². The number of likely N-dealkylation sites (N-methyl/N-ethyl adjacent to an activating group) is 1. The third-order valence-corrected chi connectivity index (χ3v) is 6.98. The molecule has 2 N–H and O–H groups in total. The molecule has 1 saturated carbocycles. The van der Waals surface area contributed by atoms with Gasteiger partial charge in [0.15, 0.2) is 0 Å². The van der Waals surface area contributed by atoms with Gasteiger partial charge in [0.2, 0.25) is 5.91 Å². The molecule has 3 atom stereocenters. The zero-order valence-corrected chi connectivity index (χ0v) is 21.6. The molecule has 1 heterocycles. The lowest BCUT2D eigenvalue weighted by Gasteiger charge is -2.36. The van der Waals surface area contributed by atoms with Crippen LogP contribution in [-0.4, -0.2) is 80.2 Å². The number of hydrogen-bond donors (Lipinski definition) is 2. The second kappa shape index (κ2) is 12.2. The van der Waals surface area contributed by atoms with Crippen LogP contribution in [0.25, 0.3) is 0 Å². The van der Waals surface area contributed by atoms with Crippen molar-refractivity contribution in [3.05, 3.63) is 23.8 Å². The molecular formula is C26H40N4O5. The summed E-state index contributed by atoms with van der Waals surface area (Å²) in [4.78, 5) is 42.2. The maximum atomic E-state index is 13.4. The Labute approximate surface area is 208 Å². The Morgan fingerprint density at radius 1 is 1.20 bits per heavy atom. The Morgan fingerprint density at radius 2 is 1.94 bits per heavy atom. The summed E-state index contributed by atoms with van der Waals surface area (Å²) in [5.74, 6) is 0.227. The number of methoxy groups -OCH3 is 1. The molecule has 9 heteroatoms. The molecule has 1 aliphatic heterocycles. The van der Waals surface area contributed by atoms with Crippen LogP contribution in [0.1, 0.15) is 56.8 Å². The smallest absolute Gasteiger partial charge is 0.317 e. The minimum Gasteiger partial charge on any atom is -0.491 e. The molecule has 1 aromatic rings. The number of ether oxygens (including phenoxy) is 2. The van der Waals surface area contributed by atoms with Crippen LogP contribution in [0.3, 0.4) is 0 Å².